The third-order valence-electron chi connectivity index (χ3n) is 5.96. The van der Waals surface area contributed by atoms with Gasteiger partial charge in [-0.15, -0.1) is 0 Å². The second-order valence-electron chi connectivity index (χ2n) is 8.69. The Labute approximate surface area is 208 Å². The summed E-state index contributed by atoms with van der Waals surface area (Å²) in [5, 5.41) is 3.25. The van der Waals surface area contributed by atoms with Crippen molar-refractivity contribution in [3.63, 3.8) is 0 Å². The summed E-state index contributed by atoms with van der Waals surface area (Å²) in [5.74, 6) is 0.358. The summed E-state index contributed by atoms with van der Waals surface area (Å²) in [7, 11) is -2.03. The van der Waals surface area contributed by atoms with Gasteiger partial charge < -0.3 is 10.1 Å². The molecular formula is C25H34ClN3O4S. The fourth-order valence-electron chi connectivity index (χ4n) is 4.11. The molecule has 0 bridgehead atoms. The van der Waals surface area contributed by atoms with Crippen molar-refractivity contribution in [1.82, 2.24) is 10.2 Å². The van der Waals surface area contributed by atoms with Crippen LogP contribution in [0.4, 0.5) is 5.69 Å². The van der Waals surface area contributed by atoms with Crippen molar-refractivity contribution in [2.75, 3.05) is 37.3 Å². The number of likely N-dealkylation sites (tertiary alicyclic amines) is 1. The number of ether oxygens (including phenoxy) is 1. The minimum absolute atomic E-state index is 0.112. The number of benzene rings is 2. The van der Waals surface area contributed by atoms with Gasteiger partial charge in [0.05, 0.1) is 24.1 Å². The van der Waals surface area contributed by atoms with E-state index in [2.05, 4.69) is 34.5 Å². The van der Waals surface area contributed by atoms with Gasteiger partial charge in [0.25, 0.3) is 0 Å². The van der Waals surface area contributed by atoms with Crippen LogP contribution >= 0.6 is 11.6 Å². The third-order valence-corrected chi connectivity index (χ3v) is 7.45. The van der Waals surface area contributed by atoms with Crippen molar-refractivity contribution in [3.8, 4) is 5.75 Å². The molecule has 7 nitrogen and oxygen atoms in total. The first-order valence-electron chi connectivity index (χ1n) is 11.6. The SMILES string of the molecule is COc1ccc(N(CCCC(=O)NCc2ccc(CN3CCCCC3)cc2)S(C)(=O)=O)cc1Cl. The number of halogens is 1. The van der Waals surface area contributed by atoms with Gasteiger partial charge >= 0.3 is 0 Å². The number of methoxy groups -OCH3 is 1. The summed E-state index contributed by atoms with van der Waals surface area (Å²) in [6.45, 7) is 3.94. The molecule has 1 fully saturated rings. The first-order valence-corrected chi connectivity index (χ1v) is 13.9. The molecule has 1 aliphatic rings. The van der Waals surface area contributed by atoms with Crippen LogP contribution in [0.15, 0.2) is 42.5 Å². The largest absolute Gasteiger partial charge is 0.495 e. The molecule has 0 spiro atoms. The number of nitrogens with zero attached hydrogens (tertiary/aromatic N) is 2. The normalized spacial score (nSPS) is 14.6. The van der Waals surface area contributed by atoms with E-state index in [1.807, 2.05) is 0 Å². The topological polar surface area (TPSA) is 79.0 Å². The van der Waals surface area contributed by atoms with Crippen molar-refractivity contribution in [2.45, 2.75) is 45.2 Å². The number of nitrogens with one attached hydrogen (secondary N) is 1. The second-order valence-corrected chi connectivity index (χ2v) is 11.0. The Morgan fingerprint density at radius 2 is 1.76 bits per heavy atom. The molecule has 1 heterocycles. The van der Waals surface area contributed by atoms with Crippen LogP contribution in [0.2, 0.25) is 5.02 Å². The average molecular weight is 508 g/mol. The predicted molar refractivity (Wildman–Crippen MR) is 137 cm³/mol. The number of sulfonamides is 1. The summed E-state index contributed by atoms with van der Waals surface area (Å²) in [4.78, 5) is 14.8. The Morgan fingerprint density at radius 1 is 1.09 bits per heavy atom. The summed E-state index contributed by atoms with van der Waals surface area (Å²) in [6, 6.07) is 13.2. The number of carbonyl (C=O) groups is 1. The molecule has 0 aliphatic carbocycles. The number of hydrogen-bond acceptors (Lipinski definition) is 5. The minimum Gasteiger partial charge on any atom is -0.495 e. The molecule has 0 radical (unpaired) electrons. The van der Waals surface area contributed by atoms with Crippen molar-refractivity contribution < 1.29 is 17.9 Å². The van der Waals surface area contributed by atoms with Gasteiger partial charge in [0.15, 0.2) is 0 Å². The van der Waals surface area contributed by atoms with Crippen LogP contribution in [0.25, 0.3) is 0 Å². The number of piperidine rings is 1. The highest BCUT2D eigenvalue weighted by atomic mass is 35.5. The van der Waals surface area contributed by atoms with Gasteiger partial charge in [-0.2, -0.15) is 0 Å². The van der Waals surface area contributed by atoms with Gasteiger partial charge in [0.1, 0.15) is 5.75 Å². The number of amides is 1. The van der Waals surface area contributed by atoms with E-state index >= 15 is 0 Å². The molecule has 1 saturated heterocycles. The maximum Gasteiger partial charge on any atom is 0.232 e. The first kappa shape index (κ1) is 26.3. The molecule has 0 aromatic heterocycles. The highest BCUT2D eigenvalue weighted by molar-refractivity contribution is 7.92. The zero-order valence-electron chi connectivity index (χ0n) is 19.9. The smallest absolute Gasteiger partial charge is 0.232 e. The maximum absolute atomic E-state index is 12.3. The summed E-state index contributed by atoms with van der Waals surface area (Å²) >= 11 is 6.15. The van der Waals surface area contributed by atoms with Crippen molar-refractivity contribution in [3.05, 3.63) is 58.6 Å². The van der Waals surface area contributed by atoms with Gasteiger partial charge in [0.2, 0.25) is 15.9 Å². The van der Waals surface area contributed by atoms with Gasteiger partial charge in [0, 0.05) is 26.1 Å². The Kier molecular flexibility index (Phi) is 9.62. The number of rotatable bonds is 11. The van der Waals surface area contributed by atoms with Gasteiger partial charge in [-0.05, 0) is 61.7 Å². The lowest BCUT2D eigenvalue weighted by Gasteiger charge is -2.26. The zero-order chi connectivity index (χ0) is 24.6. The average Bonchev–Trinajstić information content (AvgIpc) is 2.81. The number of anilines is 1. The summed E-state index contributed by atoms with van der Waals surface area (Å²) < 4.78 is 31.0. The summed E-state index contributed by atoms with van der Waals surface area (Å²) in [5.41, 5.74) is 2.77. The van der Waals surface area contributed by atoms with E-state index in [0.717, 1.165) is 18.4 Å². The standard InChI is InChI=1S/C25H34ClN3O4S/c1-33-24-13-12-22(17-23(24)26)29(34(2,31)32)16-6-7-25(30)27-18-20-8-10-21(11-9-20)19-28-14-4-3-5-15-28/h8-13,17H,3-7,14-16,18-19H2,1-2H3,(H,27,30). The van der Waals surface area contributed by atoms with Gasteiger partial charge in [-0.1, -0.05) is 42.3 Å². The van der Waals surface area contributed by atoms with Crippen LogP contribution < -0.4 is 14.4 Å². The van der Waals surface area contributed by atoms with E-state index in [4.69, 9.17) is 16.3 Å². The van der Waals surface area contributed by atoms with Crippen LogP contribution in [0, 0.1) is 0 Å². The van der Waals surface area contributed by atoms with Crippen molar-refractivity contribution in [1.29, 1.82) is 0 Å². The monoisotopic (exact) mass is 507 g/mol. The van der Waals surface area contributed by atoms with E-state index in [9.17, 15) is 13.2 Å². The van der Waals surface area contributed by atoms with E-state index in [-0.39, 0.29) is 18.9 Å². The molecule has 0 unspecified atom stereocenters. The Morgan fingerprint density at radius 3 is 2.38 bits per heavy atom. The van der Waals surface area contributed by atoms with Gasteiger partial charge in [-0.3, -0.25) is 14.0 Å². The van der Waals surface area contributed by atoms with Crippen LogP contribution in [-0.4, -0.2) is 52.2 Å². The highest BCUT2D eigenvalue weighted by Gasteiger charge is 2.19. The molecule has 2 aromatic rings. The van der Waals surface area contributed by atoms with Crippen LogP contribution in [0.3, 0.4) is 0 Å². The molecule has 1 aliphatic heterocycles. The molecular weight excluding hydrogens is 474 g/mol. The van der Waals surface area contributed by atoms with E-state index in [1.165, 1.54) is 49.3 Å². The lowest BCUT2D eigenvalue weighted by Crippen LogP contribution is -2.32. The van der Waals surface area contributed by atoms with Crippen LogP contribution in [0.1, 0.15) is 43.2 Å². The second kappa shape index (κ2) is 12.4. The molecule has 34 heavy (non-hydrogen) atoms. The lowest BCUT2D eigenvalue weighted by molar-refractivity contribution is -0.121. The molecule has 9 heteroatoms. The molecule has 2 aromatic carbocycles. The van der Waals surface area contributed by atoms with Crippen molar-refractivity contribution >= 4 is 33.2 Å². The van der Waals surface area contributed by atoms with E-state index in [0.29, 0.717) is 29.4 Å². The third kappa shape index (κ3) is 7.89. The lowest BCUT2D eigenvalue weighted by atomic mass is 10.1. The minimum atomic E-state index is -3.52. The zero-order valence-corrected chi connectivity index (χ0v) is 21.5. The molecule has 0 saturated carbocycles. The maximum atomic E-state index is 12.3. The quantitative estimate of drug-likeness (QED) is 0.493. The first-order chi connectivity index (χ1) is 16.3. The van der Waals surface area contributed by atoms with Crippen LogP contribution in [-0.2, 0) is 27.9 Å². The highest BCUT2D eigenvalue weighted by Crippen LogP contribution is 2.30. The fraction of sp³-hybridized carbons (Fsp3) is 0.480. The van der Waals surface area contributed by atoms with E-state index < -0.39 is 10.0 Å². The fourth-order valence-corrected chi connectivity index (χ4v) is 5.32. The number of hydrogen-bond donors (Lipinski definition) is 1. The number of carbonyl (C=O) groups excluding carboxylic acids is 1. The molecule has 1 amide bonds. The predicted octanol–water partition coefficient (Wildman–Crippen LogP) is 4.20. The Balaban J connectivity index is 1.45. The molecule has 3 rings (SSSR count). The van der Waals surface area contributed by atoms with Crippen LogP contribution in [0.5, 0.6) is 5.75 Å². The molecule has 0 atom stereocenters. The van der Waals surface area contributed by atoms with Crippen molar-refractivity contribution in [2.24, 2.45) is 0 Å². The Bertz CT molecular complexity index is 1050. The summed E-state index contributed by atoms with van der Waals surface area (Å²) in [6.07, 6.45) is 5.64. The van der Waals surface area contributed by atoms with Gasteiger partial charge in [-0.25, -0.2) is 8.42 Å². The van der Waals surface area contributed by atoms with E-state index in [1.54, 1.807) is 18.2 Å². The molecule has 186 valence electrons. The molecule has 1 N–H and O–H groups in total. The Hall–Kier alpha value is -2.29.